The zero-order chi connectivity index (χ0) is 12.8. The van der Waals surface area contributed by atoms with Crippen molar-refractivity contribution in [2.24, 2.45) is 5.73 Å². The monoisotopic (exact) mass is 261 g/mol. The molecule has 18 heavy (non-hydrogen) atoms. The first-order chi connectivity index (χ1) is 8.74. The van der Waals surface area contributed by atoms with Gasteiger partial charge in [-0.25, -0.2) is 0 Å². The molecule has 0 saturated carbocycles. The van der Waals surface area contributed by atoms with Gasteiger partial charge in [-0.05, 0) is 18.2 Å². The van der Waals surface area contributed by atoms with Crippen LogP contribution in [0, 0.1) is 0 Å². The zero-order valence-electron chi connectivity index (χ0n) is 9.45. The van der Waals surface area contributed by atoms with Crippen molar-refractivity contribution in [2.75, 3.05) is 5.75 Å². The summed E-state index contributed by atoms with van der Waals surface area (Å²) in [6, 6.07) is 12.7. The molecular formula is C12H11N3O2S. The smallest absolute Gasteiger partial charge is 0.238 e. The molecule has 0 bridgehead atoms. The molecule has 0 fully saturated rings. The summed E-state index contributed by atoms with van der Waals surface area (Å²) in [4.78, 5) is 10.6. The average Bonchev–Trinajstić information content (AvgIpc) is 2.39. The van der Waals surface area contributed by atoms with Crippen LogP contribution in [0.5, 0.6) is 11.6 Å². The second-order valence-corrected chi connectivity index (χ2v) is 4.38. The average molecular weight is 261 g/mol. The van der Waals surface area contributed by atoms with Gasteiger partial charge in [-0.1, -0.05) is 30.0 Å². The fraction of sp³-hybridized carbons (Fsp3) is 0.0833. The number of aromatic nitrogens is 2. The lowest BCUT2D eigenvalue weighted by atomic mass is 10.3. The van der Waals surface area contributed by atoms with Crippen LogP contribution in [0.1, 0.15) is 0 Å². The van der Waals surface area contributed by atoms with E-state index < -0.39 is 0 Å². The van der Waals surface area contributed by atoms with Crippen LogP contribution < -0.4 is 10.5 Å². The second-order valence-electron chi connectivity index (χ2n) is 3.38. The van der Waals surface area contributed by atoms with E-state index >= 15 is 0 Å². The van der Waals surface area contributed by atoms with Crippen LogP contribution in [0.25, 0.3) is 0 Å². The maximum Gasteiger partial charge on any atom is 0.238 e. The van der Waals surface area contributed by atoms with Gasteiger partial charge in [0.25, 0.3) is 0 Å². The summed E-state index contributed by atoms with van der Waals surface area (Å²) in [5.41, 5.74) is 5.04. The van der Waals surface area contributed by atoms with Crippen molar-refractivity contribution >= 4 is 17.7 Å². The van der Waals surface area contributed by atoms with Gasteiger partial charge in [-0.2, -0.15) is 0 Å². The van der Waals surface area contributed by atoms with Crippen LogP contribution in [0.15, 0.2) is 47.5 Å². The summed E-state index contributed by atoms with van der Waals surface area (Å²) in [6.07, 6.45) is 0. The van der Waals surface area contributed by atoms with Crippen molar-refractivity contribution in [2.45, 2.75) is 5.03 Å². The molecule has 92 valence electrons. The highest BCUT2D eigenvalue weighted by Crippen LogP contribution is 2.20. The lowest BCUT2D eigenvalue weighted by Crippen LogP contribution is -2.13. The SMILES string of the molecule is NC(=O)CSc1ccc(Oc2ccccc2)nn1. The number of hydrogen-bond donors (Lipinski definition) is 1. The van der Waals surface area contributed by atoms with Gasteiger partial charge < -0.3 is 10.5 Å². The summed E-state index contributed by atoms with van der Waals surface area (Å²) in [7, 11) is 0. The van der Waals surface area contributed by atoms with Crippen LogP contribution in [0.3, 0.4) is 0 Å². The van der Waals surface area contributed by atoms with Crippen LogP contribution in [0.4, 0.5) is 0 Å². The van der Waals surface area contributed by atoms with Crippen LogP contribution in [-0.2, 0) is 4.79 Å². The Morgan fingerprint density at radius 3 is 2.56 bits per heavy atom. The van der Waals surface area contributed by atoms with Crippen molar-refractivity contribution < 1.29 is 9.53 Å². The van der Waals surface area contributed by atoms with E-state index in [1.54, 1.807) is 12.1 Å². The quantitative estimate of drug-likeness (QED) is 0.831. The van der Waals surface area contributed by atoms with Gasteiger partial charge in [0.1, 0.15) is 10.8 Å². The molecule has 2 aromatic rings. The number of benzene rings is 1. The summed E-state index contributed by atoms with van der Waals surface area (Å²) in [5.74, 6) is 0.911. The van der Waals surface area contributed by atoms with E-state index in [0.29, 0.717) is 16.7 Å². The number of nitrogens with two attached hydrogens (primary N) is 1. The summed E-state index contributed by atoms with van der Waals surface area (Å²) in [6.45, 7) is 0. The number of thioether (sulfide) groups is 1. The molecule has 1 amide bonds. The van der Waals surface area contributed by atoms with Crippen molar-refractivity contribution in [3.63, 3.8) is 0 Å². The summed E-state index contributed by atoms with van der Waals surface area (Å²) >= 11 is 1.24. The Labute approximate surface area is 108 Å². The summed E-state index contributed by atoms with van der Waals surface area (Å²) < 4.78 is 5.48. The van der Waals surface area contributed by atoms with Gasteiger partial charge in [0, 0.05) is 6.07 Å². The number of primary amides is 1. The molecule has 0 aliphatic carbocycles. The Kier molecular flexibility index (Phi) is 4.14. The maximum atomic E-state index is 10.6. The molecule has 5 nitrogen and oxygen atoms in total. The minimum Gasteiger partial charge on any atom is -0.438 e. The van der Waals surface area contributed by atoms with Gasteiger partial charge in [0.05, 0.1) is 5.75 Å². The van der Waals surface area contributed by atoms with E-state index in [9.17, 15) is 4.79 Å². The van der Waals surface area contributed by atoms with E-state index in [-0.39, 0.29) is 11.7 Å². The zero-order valence-corrected chi connectivity index (χ0v) is 10.3. The van der Waals surface area contributed by atoms with Gasteiger partial charge in [-0.3, -0.25) is 4.79 Å². The minimum atomic E-state index is -0.383. The minimum absolute atomic E-state index is 0.188. The van der Waals surface area contributed by atoms with Gasteiger partial charge in [0.15, 0.2) is 0 Å². The van der Waals surface area contributed by atoms with Crippen molar-refractivity contribution in [3.05, 3.63) is 42.5 Å². The Morgan fingerprint density at radius 2 is 1.94 bits per heavy atom. The topological polar surface area (TPSA) is 78.1 Å². The lowest BCUT2D eigenvalue weighted by molar-refractivity contribution is -0.115. The van der Waals surface area contributed by atoms with Gasteiger partial charge in [-0.15, -0.1) is 10.2 Å². The highest BCUT2D eigenvalue weighted by Gasteiger charge is 2.02. The molecular weight excluding hydrogens is 250 g/mol. The molecule has 1 aromatic heterocycles. The Balaban J connectivity index is 1.97. The fourth-order valence-corrected chi connectivity index (χ4v) is 1.75. The number of nitrogens with zero attached hydrogens (tertiary/aromatic N) is 2. The molecule has 6 heteroatoms. The molecule has 0 unspecified atom stereocenters. The molecule has 2 rings (SSSR count). The number of hydrogen-bond acceptors (Lipinski definition) is 5. The number of ether oxygens (including phenoxy) is 1. The number of para-hydroxylation sites is 1. The number of amides is 1. The molecule has 0 aliphatic heterocycles. The van der Waals surface area contributed by atoms with Crippen LogP contribution in [0.2, 0.25) is 0 Å². The largest absolute Gasteiger partial charge is 0.438 e. The molecule has 0 spiro atoms. The normalized spacial score (nSPS) is 10.0. The third-order valence-electron chi connectivity index (χ3n) is 1.94. The Morgan fingerprint density at radius 1 is 1.17 bits per heavy atom. The second kappa shape index (κ2) is 6.02. The first kappa shape index (κ1) is 12.4. The van der Waals surface area contributed by atoms with Crippen molar-refractivity contribution in [1.82, 2.24) is 10.2 Å². The van der Waals surface area contributed by atoms with Crippen molar-refractivity contribution in [1.29, 1.82) is 0 Å². The van der Waals surface area contributed by atoms with E-state index in [1.807, 2.05) is 30.3 Å². The Bertz CT molecular complexity index is 517. The standard InChI is InChI=1S/C12H11N3O2S/c13-10(16)8-18-12-7-6-11(14-15-12)17-9-4-2-1-3-5-9/h1-7H,8H2,(H2,13,16). The number of rotatable bonds is 5. The Hall–Kier alpha value is -2.08. The lowest BCUT2D eigenvalue weighted by Gasteiger charge is -2.03. The molecule has 0 aliphatic rings. The third kappa shape index (κ3) is 3.74. The predicted molar refractivity (Wildman–Crippen MR) is 68.5 cm³/mol. The third-order valence-corrected chi connectivity index (χ3v) is 2.89. The van der Waals surface area contributed by atoms with E-state index in [1.165, 1.54) is 11.8 Å². The van der Waals surface area contributed by atoms with E-state index in [2.05, 4.69) is 10.2 Å². The van der Waals surface area contributed by atoms with Crippen LogP contribution >= 0.6 is 11.8 Å². The number of carbonyl (C=O) groups is 1. The van der Waals surface area contributed by atoms with Gasteiger partial charge >= 0.3 is 0 Å². The summed E-state index contributed by atoms with van der Waals surface area (Å²) in [5, 5.41) is 8.47. The molecule has 2 N–H and O–H groups in total. The first-order valence-corrected chi connectivity index (χ1v) is 6.20. The molecule has 0 atom stereocenters. The highest BCUT2D eigenvalue weighted by molar-refractivity contribution is 7.99. The molecule has 1 heterocycles. The number of carbonyl (C=O) groups excluding carboxylic acids is 1. The van der Waals surface area contributed by atoms with Crippen molar-refractivity contribution in [3.8, 4) is 11.6 Å². The van der Waals surface area contributed by atoms with Gasteiger partial charge in [0.2, 0.25) is 11.8 Å². The first-order valence-electron chi connectivity index (χ1n) is 5.22. The van der Waals surface area contributed by atoms with Crippen LogP contribution in [-0.4, -0.2) is 21.9 Å². The van der Waals surface area contributed by atoms with E-state index in [0.717, 1.165) is 0 Å². The predicted octanol–water partition coefficient (Wildman–Crippen LogP) is 1.85. The molecule has 0 saturated heterocycles. The fourth-order valence-electron chi connectivity index (χ4n) is 1.19. The molecule has 0 radical (unpaired) electrons. The molecule has 1 aromatic carbocycles. The van der Waals surface area contributed by atoms with E-state index in [4.69, 9.17) is 10.5 Å². The maximum absolute atomic E-state index is 10.6. The highest BCUT2D eigenvalue weighted by atomic mass is 32.2.